The molecule has 0 bridgehead atoms. The zero-order valence-corrected chi connectivity index (χ0v) is 27.9. The predicted molar refractivity (Wildman–Crippen MR) is 179 cm³/mol. The van der Waals surface area contributed by atoms with Gasteiger partial charge in [-0.25, -0.2) is 14.6 Å². The number of likely N-dealkylation sites (tertiary alicyclic amines) is 2. The maximum atomic E-state index is 12.8. The number of ether oxygens (including phenoxy) is 2. The minimum atomic E-state index is -0.531. The predicted octanol–water partition coefficient (Wildman–Crippen LogP) is 8.41. The Bertz CT molecular complexity index is 1640. The van der Waals surface area contributed by atoms with Gasteiger partial charge in [0, 0.05) is 30.1 Å². The molecule has 5 heterocycles. The van der Waals surface area contributed by atoms with E-state index in [4.69, 9.17) is 14.5 Å². The van der Waals surface area contributed by atoms with E-state index in [-0.39, 0.29) is 24.3 Å². The van der Waals surface area contributed by atoms with Gasteiger partial charge in [-0.05, 0) is 109 Å². The molecule has 0 saturated carbocycles. The fourth-order valence-corrected chi connectivity index (χ4v) is 7.06. The Morgan fingerprint density at radius 2 is 1.58 bits per heavy atom. The number of aromatic nitrogens is 2. The number of carbonyl (C=O) groups excluding carboxylic acids is 2. The first-order valence-corrected chi connectivity index (χ1v) is 16.7. The number of hydrogen-bond donors (Lipinski definition) is 1. The van der Waals surface area contributed by atoms with Gasteiger partial charge >= 0.3 is 12.2 Å². The van der Waals surface area contributed by atoms with Crippen molar-refractivity contribution >= 4 is 47.1 Å². The lowest BCUT2D eigenvalue weighted by Gasteiger charge is -2.28. The number of amides is 2. The van der Waals surface area contributed by atoms with Crippen LogP contribution in [0.3, 0.4) is 0 Å². The van der Waals surface area contributed by atoms with Crippen LogP contribution in [0.2, 0.25) is 0 Å². The first-order chi connectivity index (χ1) is 21.3. The lowest BCUT2D eigenvalue weighted by atomic mass is 10.0. The summed E-state index contributed by atoms with van der Waals surface area (Å²) in [5, 5.41) is 0. The number of hydrogen-bond acceptors (Lipinski definition) is 7. The SMILES string of the molecule is CC(C)(C)OC(=O)N1CCCC1c1ncc(-c2ccc(/C=C/c3ccc4c(c3)CC([C@@H]3CCCN3C(=O)OC(C)(C)C)=N4)s2)[nH]1. The summed E-state index contributed by atoms with van der Waals surface area (Å²) in [6.07, 6.45) is 9.98. The maximum Gasteiger partial charge on any atom is 0.410 e. The van der Waals surface area contributed by atoms with Crippen LogP contribution < -0.4 is 0 Å². The number of thiophene rings is 1. The first kappa shape index (κ1) is 31.1. The molecule has 2 fully saturated rings. The number of aliphatic imine (C=N–C) groups is 1. The van der Waals surface area contributed by atoms with Crippen LogP contribution in [0.25, 0.3) is 22.7 Å². The number of fused-ring (bicyclic) bond motifs is 1. The second-order valence-corrected chi connectivity index (χ2v) is 15.2. The van der Waals surface area contributed by atoms with E-state index < -0.39 is 11.2 Å². The van der Waals surface area contributed by atoms with Gasteiger partial charge in [0.15, 0.2) is 0 Å². The summed E-state index contributed by atoms with van der Waals surface area (Å²) in [7, 11) is 0. The summed E-state index contributed by atoms with van der Waals surface area (Å²) in [5.74, 6) is 0.797. The Hall–Kier alpha value is -3.92. The van der Waals surface area contributed by atoms with Crippen molar-refractivity contribution in [1.82, 2.24) is 19.8 Å². The van der Waals surface area contributed by atoms with Crippen molar-refractivity contribution in [3.63, 3.8) is 0 Å². The highest BCUT2D eigenvalue weighted by molar-refractivity contribution is 7.16. The highest BCUT2D eigenvalue weighted by Crippen LogP contribution is 2.36. The highest BCUT2D eigenvalue weighted by atomic mass is 32.1. The van der Waals surface area contributed by atoms with E-state index >= 15 is 0 Å². The monoisotopic (exact) mass is 629 g/mol. The lowest BCUT2D eigenvalue weighted by molar-refractivity contribution is 0.0216. The van der Waals surface area contributed by atoms with Crippen LogP contribution in [0, 0.1) is 0 Å². The van der Waals surface area contributed by atoms with E-state index in [2.05, 4.69) is 52.5 Å². The second-order valence-electron chi connectivity index (χ2n) is 14.0. The molecule has 0 aliphatic carbocycles. The quantitative estimate of drug-likeness (QED) is 0.305. The molecule has 3 aliphatic heterocycles. The minimum Gasteiger partial charge on any atom is -0.444 e. The molecule has 10 heteroatoms. The maximum absolute atomic E-state index is 12.8. The van der Waals surface area contributed by atoms with Crippen LogP contribution in [-0.4, -0.2) is 68.0 Å². The summed E-state index contributed by atoms with van der Waals surface area (Å²) in [4.78, 5) is 44.5. The van der Waals surface area contributed by atoms with E-state index in [1.165, 1.54) is 5.56 Å². The van der Waals surface area contributed by atoms with E-state index in [0.717, 1.165) is 70.3 Å². The van der Waals surface area contributed by atoms with E-state index in [1.54, 1.807) is 16.2 Å². The number of benzene rings is 1. The molecule has 2 atom stereocenters. The topological polar surface area (TPSA) is 100 Å². The molecule has 0 spiro atoms. The summed E-state index contributed by atoms with van der Waals surface area (Å²) in [6.45, 7) is 12.7. The van der Waals surface area contributed by atoms with Gasteiger partial charge in [0.05, 0.1) is 34.5 Å². The molecule has 1 aromatic carbocycles. The molecule has 6 rings (SSSR count). The molecule has 45 heavy (non-hydrogen) atoms. The van der Waals surface area contributed by atoms with Crippen LogP contribution in [0.15, 0.2) is 41.5 Å². The average molecular weight is 630 g/mol. The molecule has 3 aromatic rings. The summed E-state index contributed by atoms with van der Waals surface area (Å²) < 4.78 is 11.3. The zero-order chi connectivity index (χ0) is 31.9. The van der Waals surface area contributed by atoms with Gasteiger partial charge in [0.2, 0.25) is 0 Å². The van der Waals surface area contributed by atoms with Gasteiger partial charge in [-0.15, -0.1) is 11.3 Å². The van der Waals surface area contributed by atoms with E-state index in [0.29, 0.717) is 13.1 Å². The van der Waals surface area contributed by atoms with Gasteiger partial charge in [-0.2, -0.15) is 0 Å². The third-order valence-electron chi connectivity index (χ3n) is 8.13. The lowest BCUT2D eigenvalue weighted by Crippen LogP contribution is -2.43. The molecule has 0 radical (unpaired) electrons. The van der Waals surface area contributed by atoms with Gasteiger partial charge in [0.1, 0.15) is 17.0 Å². The molecule has 9 nitrogen and oxygen atoms in total. The molecule has 1 unspecified atom stereocenters. The number of nitrogens with zero attached hydrogens (tertiary/aromatic N) is 4. The third kappa shape index (κ3) is 7.16. The number of aromatic amines is 1. The smallest absolute Gasteiger partial charge is 0.410 e. The Balaban J connectivity index is 1.09. The Morgan fingerprint density at radius 3 is 2.27 bits per heavy atom. The van der Waals surface area contributed by atoms with Crippen LogP contribution >= 0.6 is 11.3 Å². The fraction of sp³-hybridized carbons (Fsp3) is 0.486. The van der Waals surface area contributed by atoms with Crippen LogP contribution in [0.1, 0.15) is 95.1 Å². The molecule has 238 valence electrons. The zero-order valence-electron chi connectivity index (χ0n) is 27.1. The second kappa shape index (κ2) is 12.1. The highest BCUT2D eigenvalue weighted by Gasteiger charge is 2.37. The fourth-order valence-electron chi connectivity index (χ4n) is 6.18. The van der Waals surface area contributed by atoms with Crippen LogP contribution in [0.5, 0.6) is 0 Å². The van der Waals surface area contributed by atoms with Crippen LogP contribution in [-0.2, 0) is 15.9 Å². The van der Waals surface area contributed by atoms with Gasteiger partial charge in [-0.3, -0.25) is 14.8 Å². The largest absolute Gasteiger partial charge is 0.444 e. The van der Waals surface area contributed by atoms with Gasteiger partial charge in [0.25, 0.3) is 0 Å². The van der Waals surface area contributed by atoms with Crippen molar-refractivity contribution in [2.45, 2.75) is 96.9 Å². The molecule has 2 aromatic heterocycles. The van der Waals surface area contributed by atoms with Crippen molar-refractivity contribution in [2.75, 3.05) is 13.1 Å². The average Bonchev–Trinajstić information content (AvgIpc) is 3.78. The van der Waals surface area contributed by atoms with E-state index in [9.17, 15) is 9.59 Å². The van der Waals surface area contributed by atoms with Crippen molar-refractivity contribution in [2.24, 2.45) is 4.99 Å². The Kier molecular flexibility index (Phi) is 8.37. The van der Waals surface area contributed by atoms with Crippen LogP contribution in [0.4, 0.5) is 15.3 Å². The molecule has 2 amide bonds. The number of H-pyrrole nitrogens is 1. The number of nitrogens with one attached hydrogen (secondary N) is 1. The third-order valence-corrected chi connectivity index (χ3v) is 9.21. The van der Waals surface area contributed by atoms with Crippen molar-refractivity contribution in [1.29, 1.82) is 0 Å². The molecule has 1 N–H and O–H groups in total. The van der Waals surface area contributed by atoms with E-state index in [1.807, 2.05) is 52.6 Å². The molecular formula is C35H43N5O4S. The summed E-state index contributed by atoms with van der Waals surface area (Å²) in [5.41, 5.74) is 4.23. The van der Waals surface area contributed by atoms with Crippen molar-refractivity contribution in [3.05, 3.63) is 58.4 Å². The summed E-state index contributed by atoms with van der Waals surface area (Å²) in [6, 6.07) is 10.5. The Morgan fingerprint density at radius 1 is 0.911 bits per heavy atom. The van der Waals surface area contributed by atoms with Gasteiger partial charge in [-0.1, -0.05) is 12.1 Å². The first-order valence-electron chi connectivity index (χ1n) is 15.9. The number of carbonyl (C=O) groups is 2. The van der Waals surface area contributed by atoms with Gasteiger partial charge < -0.3 is 14.5 Å². The molecular weight excluding hydrogens is 586 g/mol. The Labute approximate surface area is 269 Å². The molecule has 3 aliphatic rings. The van der Waals surface area contributed by atoms with Crippen molar-refractivity contribution < 1.29 is 19.1 Å². The van der Waals surface area contributed by atoms with Crippen molar-refractivity contribution in [3.8, 4) is 10.6 Å². The standard InChI is InChI=1S/C35H43N5O4S/c1-34(2,3)43-32(41)39-17-7-9-28(39)26-20-23-19-22(12-15-25(23)37-26)11-13-24-14-16-30(45-24)27-21-36-31(38-27)29-10-8-18-40(29)33(42)44-35(4,5)6/h11-16,19,21,28-29H,7-10,17-18,20H2,1-6H3,(H,36,38)/b13-11+/t28-,29?/m0/s1. The normalized spacial score (nSPS) is 20.2. The minimum absolute atomic E-state index is 0.00664. The number of rotatable bonds is 5. The molecule has 2 saturated heterocycles. The summed E-state index contributed by atoms with van der Waals surface area (Å²) >= 11 is 1.69. The number of imidazole rings is 1.